The van der Waals surface area contributed by atoms with Gasteiger partial charge in [0.2, 0.25) is 5.91 Å². The summed E-state index contributed by atoms with van der Waals surface area (Å²) in [6.45, 7) is 6.36. The first-order valence-electron chi connectivity index (χ1n) is 6.42. The van der Waals surface area contributed by atoms with Crippen LogP contribution in [0.1, 0.15) is 33.6 Å². The van der Waals surface area contributed by atoms with Gasteiger partial charge in [-0.2, -0.15) is 0 Å². The number of esters is 1. The van der Waals surface area contributed by atoms with Crippen LogP contribution in [0.3, 0.4) is 0 Å². The van der Waals surface area contributed by atoms with Gasteiger partial charge in [-0.1, -0.05) is 20.8 Å². The van der Waals surface area contributed by atoms with Gasteiger partial charge in [0, 0.05) is 20.1 Å². The summed E-state index contributed by atoms with van der Waals surface area (Å²) < 4.78 is 4.66. The molecule has 0 radical (unpaired) electrons. The van der Waals surface area contributed by atoms with E-state index in [1.807, 2.05) is 13.8 Å². The molecule has 0 aliphatic heterocycles. The van der Waals surface area contributed by atoms with E-state index in [2.05, 4.69) is 4.74 Å². The Balaban J connectivity index is 4.73. The molecule has 0 aromatic rings. The van der Waals surface area contributed by atoms with Crippen LogP contribution in [0.25, 0.3) is 0 Å². The second kappa shape index (κ2) is 7.36. The molecule has 1 unspecified atom stereocenters. The lowest BCUT2D eigenvalue weighted by atomic mass is 9.81. The van der Waals surface area contributed by atoms with Crippen molar-refractivity contribution >= 4 is 11.9 Å². The molecule has 0 fully saturated rings. The Labute approximate surface area is 110 Å². The quantitative estimate of drug-likeness (QED) is 0.692. The Kier molecular flexibility index (Phi) is 6.91. The summed E-state index contributed by atoms with van der Waals surface area (Å²) in [6.07, 6.45) is 1.41. The molecule has 0 aromatic heterocycles. The molecule has 18 heavy (non-hydrogen) atoms. The zero-order valence-electron chi connectivity index (χ0n) is 12.2. The molecule has 0 aromatic carbocycles. The average Bonchev–Trinajstić information content (AvgIpc) is 2.39. The molecule has 0 aliphatic rings. The van der Waals surface area contributed by atoms with Gasteiger partial charge in [-0.25, -0.2) is 0 Å². The Morgan fingerprint density at radius 3 is 2.17 bits per heavy atom. The van der Waals surface area contributed by atoms with Crippen molar-refractivity contribution < 1.29 is 14.3 Å². The van der Waals surface area contributed by atoms with Crippen LogP contribution in [-0.2, 0) is 14.3 Å². The van der Waals surface area contributed by atoms with Gasteiger partial charge in [0.15, 0.2) is 0 Å². The number of hydrogen-bond donors (Lipinski definition) is 1. The van der Waals surface area contributed by atoms with Gasteiger partial charge in [-0.3, -0.25) is 9.59 Å². The molecular weight excluding hydrogens is 232 g/mol. The maximum Gasteiger partial charge on any atom is 0.310 e. The first-order chi connectivity index (χ1) is 8.38. The second-order valence-corrected chi connectivity index (χ2v) is 4.80. The summed E-state index contributed by atoms with van der Waals surface area (Å²) >= 11 is 0. The van der Waals surface area contributed by atoms with Crippen molar-refractivity contribution in [2.45, 2.75) is 33.6 Å². The number of rotatable bonds is 7. The van der Waals surface area contributed by atoms with Crippen LogP contribution >= 0.6 is 0 Å². The second-order valence-electron chi connectivity index (χ2n) is 4.80. The van der Waals surface area contributed by atoms with E-state index in [4.69, 9.17) is 5.73 Å². The fourth-order valence-electron chi connectivity index (χ4n) is 2.10. The number of methoxy groups -OCH3 is 1. The maximum absolute atomic E-state index is 12.4. The van der Waals surface area contributed by atoms with Gasteiger partial charge in [-0.05, 0) is 12.8 Å². The number of carbonyl (C=O) groups is 2. The fourth-order valence-corrected chi connectivity index (χ4v) is 2.10. The molecule has 0 bridgehead atoms. The van der Waals surface area contributed by atoms with E-state index in [0.29, 0.717) is 25.9 Å². The van der Waals surface area contributed by atoms with Crippen molar-refractivity contribution in [3.05, 3.63) is 0 Å². The highest BCUT2D eigenvalue weighted by Gasteiger charge is 2.36. The zero-order chi connectivity index (χ0) is 14.3. The van der Waals surface area contributed by atoms with Crippen molar-refractivity contribution in [1.82, 2.24) is 4.90 Å². The summed E-state index contributed by atoms with van der Waals surface area (Å²) in [5.74, 6) is -0.625. The molecule has 0 spiro atoms. The van der Waals surface area contributed by atoms with Crippen LogP contribution in [-0.4, -0.2) is 44.0 Å². The van der Waals surface area contributed by atoms with Crippen LogP contribution in [0.5, 0.6) is 0 Å². The largest absolute Gasteiger partial charge is 0.469 e. The maximum atomic E-state index is 12.4. The van der Waals surface area contributed by atoms with Crippen LogP contribution < -0.4 is 5.73 Å². The summed E-state index contributed by atoms with van der Waals surface area (Å²) in [4.78, 5) is 25.3. The van der Waals surface area contributed by atoms with Gasteiger partial charge >= 0.3 is 5.97 Å². The molecule has 0 heterocycles. The third kappa shape index (κ3) is 3.70. The highest BCUT2D eigenvalue weighted by Crippen LogP contribution is 2.27. The van der Waals surface area contributed by atoms with E-state index in [-0.39, 0.29) is 17.8 Å². The summed E-state index contributed by atoms with van der Waals surface area (Å²) in [5, 5.41) is 0. The summed E-state index contributed by atoms with van der Waals surface area (Å²) in [6, 6.07) is 0. The summed E-state index contributed by atoms with van der Waals surface area (Å²) in [7, 11) is 3.06. The Bertz CT molecular complexity index is 280. The van der Waals surface area contributed by atoms with Gasteiger partial charge in [0.25, 0.3) is 0 Å². The molecule has 5 nitrogen and oxygen atoms in total. The Morgan fingerprint density at radius 1 is 1.33 bits per heavy atom. The molecule has 0 saturated carbocycles. The number of nitrogens with two attached hydrogens (primary N) is 1. The number of hydrogen-bond acceptors (Lipinski definition) is 4. The van der Waals surface area contributed by atoms with E-state index in [1.54, 1.807) is 18.9 Å². The topological polar surface area (TPSA) is 72.6 Å². The minimum atomic E-state index is -0.509. The van der Waals surface area contributed by atoms with Crippen molar-refractivity contribution in [1.29, 1.82) is 0 Å². The normalized spacial score (nSPS) is 13.0. The van der Waals surface area contributed by atoms with E-state index in [9.17, 15) is 9.59 Å². The van der Waals surface area contributed by atoms with Crippen LogP contribution in [0.4, 0.5) is 0 Å². The predicted octanol–water partition coefficient (Wildman–Crippen LogP) is 1.02. The molecule has 0 saturated heterocycles. The minimum absolute atomic E-state index is 0.00533. The minimum Gasteiger partial charge on any atom is -0.469 e. The van der Waals surface area contributed by atoms with E-state index < -0.39 is 5.41 Å². The highest BCUT2D eigenvalue weighted by molar-refractivity contribution is 5.83. The first-order valence-corrected chi connectivity index (χ1v) is 6.42. The predicted molar refractivity (Wildman–Crippen MR) is 70.9 cm³/mol. The van der Waals surface area contributed by atoms with Gasteiger partial charge < -0.3 is 15.4 Å². The molecule has 2 N–H and O–H groups in total. The monoisotopic (exact) mass is 258 g/mol. The van der Waals surface area contributed by atoms with Gasteiger partial charge in [0.05, 0.1) is 18.4 Å². The van der Waals surface area contributed by atoms with E-state index >= 15 is 0 Å². The lowest BCUT2D eigenvalue weighted by Gasteiger charge is -2.34. The smallest absolute Gasteiger partial charge is 0.310 e. The zero-order valence-corrected chi connectivity index (χ0v) is 12.2. The molecular formula is C13H26N2O3. The lowest BCUT2D eigenvalue weighted by molar-refractivity contribution is -0.148. The van der Waals surface area contributed by atoms with Crippen molar-refractivity contribution in [2.75, 3.05) is 27.2 Å². The molecule has 0 rings (SSSR count). The van der Waals surface area contributed by atoms with Gasteiger partial charge in [-0.15, -0.1) is 0 Å². The SMILES string of the molecule is CCC(CC)(CN)C(=O)N(C)CC(C)C(=O)OC. The third-order valence-corrected chi connectivity index (χ3v) is 3.70. The van der Waals surface area contributed by atoms with Crippen molar-refractivity contribution in [2.24, 2.45) is 17.1 Å². The van der Waals surface area contributed by atoms with Crippen molar-refractivity contribution in [3.63, 3.8) is 0 Å². The van der Waals surface area contributed by atoms with E-state index in [0.717, 1.165) is 0 Å². The highest BCUT2D eigenvalue weighted by atomic mass is 16.5. The molecule has 1 amide bonds. The molecule has 1 atom stereocenters. The fraction of sp³-hybridized carbons (Fsp3) is 0.846. The average molecular weight is 258 g/mol. The molecule has 106 valence electrons. The first kappa shape index (κ1) is 16.9. The lowest BCUT2D eigenvalue weighted by Crippen LogP contribution is -2.47. The van der Waals surface area contributed by atoms with Crippen LogP contribution in [0, 0.1) is 11.3 Å². The summed E-state index contributed by atoms with van der Waals surface area (Å²) in [5.41, 5.74) is 5.24. The number of nitrogens with zero attached hydrogens (tertiary/aromatic N) is 1. The number of ether oxygens (including phenoxy) is 1. The van der Waals surface area contributed by atoms with E-state index in [1.165, 1.54) is 7.11 Å². The van der Waals surface area contributed by atoms with Crippen molar-refractivity contribution in [3.8, 4) is 0 Å². The Morgan fingerprint density at radius 2 is 1.83 bits per heavy atom. The third-order valence-electron chi connectivity index (χ3n) is 3.70. The number of carbonyl (C=O) groups excluding carboxylic acids is 2. The molecule has 5 heteroatoms. The molecule has 0 aliphatic carbocycles. The van der Waals surface area contributed by atoms with Gasteiger partial charge in [0.1, 0.15) is 0 Å². The standard InChI is InChI=1S/C13H26N2O3/c1-6-13(7-2,9-14)12(17)15(4)8-10(3)11(16)18-5/h10H,6-9,14H2,1-5H3. The number of amides is 1. The van der Waals surface area contributed by atoms with Crippen LogP contribution in [0.2, 0.25) is 0 Å². The Hall–Kier alpha value is -1.10. The van der Waals surface area contributed by atoms with Crippen LogP contribution in [0.15, 0.2) is 0 Å².